The Kier molecular flexibility index (Phi) is 9.21. The number of rotatable bonds is 8. The Morgan fingerprint density at radius 1 is 1.09 bits per heavy atom. The molecule has 5 rings (SSSR count). The topological polar surface area (TPSA) is 115 Å². The zero-order valence-electron chi connectivity index (χ0n) is 23.1. The number of aromatic nitrogens is 2. The molecule has 2 aromatic heterocycles. The van der Waals surface area contributed by atoms with Crippen molar-refractivity contribution in [2.45, 2.75) is 25.9 Å². The first-order valence-corrected chi connectivity index (χ1v) is 13.9. The van der Waals surface area contributed by atoms with Gasteiger partial charge in [-0.3, -0.25) is 14.6 Å². The first-order valence-electron chi connectivity index (χ1n) is 13.2. The number of nitrogens with one attached hydrogen (secondary N) is 2. The Morgan fingerprint density at radius 2 is 1.87 bits per heavy atom. The zero-order valence-corrected chi connectivity index (χ0v) is 24.6. The molecule has 0 saturated heterocycles. The second-order valence-electron chi connectivity index (χ2n) is 9.39. The summed E-state index contributed by atoms with van der Waals surface area (Å²) in [5.41, 5.74) is -1.75. The lowest BCUT2D eigenvalue weighted by Crippen LogP contribution is -2.43. The number of pyridine rings is 2. The first kappa shape index (κ1) is 31.7. The molecule has 0 radical (unpaired) electrons. The summed E-state index contributed by atoms with van der Waals surface area (Å²) in [6.45, 7) is 1.49. The number of para-hydroxylation sites is 1. The molecule has 9 nitrogen and oxygen atoms in total. The lowest BCUT2D eigenvalue weighted by molar-refractivity contribution is -0.141. The summed E-state index contributed by atoms with van der Waals surface area (Å²) in [6.07, 6.45) is -3.94. The number of anilines is 1. The van der Waals surface area contributed by atoms with Crippen molar-refractivity contribution in [3.05, 3.63) is 111 Å². The smallest absolute Gasteiger partial charge is 0.434 e. The highest BCUT2D eigenvalue weighted by atomic mass is 35.5. The summed E-state index contributed by atoms with van der Waals surface area (Å²) < 4.78 is 68.3. The summed E-state index contributed by atoms with van der Waals surface area (Å²) in [6, 6.07) is 12.4. The fourth-order valence-corrected chi connectivity index (χ4v) is 5.04. The minimum atomic E-state index is -5.20. The lowest BCUT2D eigenvalue weighted by atomic mass is 9.99. The molecule has 1 aliphatic heterocycles. The van der Waals surface area contributed by atoms with E-state index in [-0.39, 0.29) is 39.4 Å². The largest absolute Gasteiger partial charge is 0.493 e. The first-order chi connectivity index (χ1) is 21.5. The molecular weight excluding hydrogens is 641 g/mol. The molecule has 0 fully saturated rings. The van der Waals surface area contributed by atoms with E-state index >= 15 is 0 Å². The number of carbonyl (C=O) groups is 2. The van der Waals surface area contributed by atoms with E-state index in [9.17, 15) is 27.2 Å². The third-order valence-corrected chi connectivity index (χ3v) is 6.88. The molecule has 0 bridgehead atoms. The van der Waals surface area contributed by atoms with Gasteiger partial charge in [0.05, 0.1) is 34.8 Å². The van der Waals surface area contributed by atoms with E-state index < -0.39 is 53.6 Å². The number of nitrogens with zero attached hydrogens (tertiary/aromatic N) is 3. The molecule has 2 amide bonds. The molecule has 232 valence electrons. The van der Waals surface area contributed by atoms with Crippen LogP contribution in [0.1, 0.15) is 39.7 Å². The van der Waals surface area contributed by atoms with Gasteiger partial charge in [0.25, 0.3) is 11.8 Å². The monoisotopic (exact) mass is 661 g/mol. The number of fused-ring (bicyclic) bond motifs is 1. The van der Waals surface area contributed by atoms with Gasteiger partial charge in [0.2, 0.25) is 6.17 Å². The van der Waals surface area contributed by atoms with Crippen LogP contribution in [0.5, 0.6) is 11.5 Å². The van der Waals surface area contributed by atoms with Gasteiger partial charge in [-0.1, -0.05) is 47.5 Å². The van der Waals surface area contributed by atoms with Crippen molar-refractivity contribution in [3.63, 3.8) is 0 Å². The molecule has 1 unspecified atom stereocenters. The van der Waals surface area contributed by atoms with Crippen LogP contribution in [0.4, 0.5) is 23.2 Å². The molecule has 1 aliphatic rings. The number of carbonyl (C=O) groups excluding carboxylic acids is 2. The van der Waals surface area contributed by atoms with Crippen LogP contribution in [-0.4, -0.2) is 40.3 Å². The predicted molar refractivity (Wildman–Crippen MR) is 157 cm³/mol. The van der Waals surface area contributed by atoms with Crippen LogP contribution in [0.15, 0.2) is 72.1 Å². The van der Waals surface area contributed by atoms with Crippen molar-refractivity contribution < 1.29 is 36.6 Å². The summed E-state index contributed by atoms with van der Waals surface area (Å²) in [5, 5.41) is 5.10. The van der Waals surface area contributed by atoms with Gasteiger partial charge in [-0.2, -0.15) is 13.2 Å². The second-order valence-corrected chi connectivity index (χ2v) is 10.2. The molecule has 0 saturated carbocycles. The van der Waals surface area contributed by atoms with Gasteiger partial charge in [0.1, 0.15) is 17.9 Å². The number of alkyl halides is 3. The minimum absolute atomic E-state index is 0.0563. The highest BCUT2D eigenvalue weighted by molar-refractivity contribution is 6.39. The number of hydrogen-bond donors (Lipinski definition) is 2. The maximum atomic E-state index is 15.0. The molecule has 1 atom stereocenters. The third kappa shape index (κ3) is 6.84. The van der Waals surface area contributed by atoms with Crippen LogP contribution in [0.25, 0.3) is 0 Å². The fourth-order valence-electron chi connectivity index (χ4n) is 4.48. The van der Waals surface area contributed by atoms with Gasteiger partial charge < -0.3 is 20.1 Å². The molecule has 15 heteroatoms. The van der Waals surface area contributed by atoms with Crippen LogP contribution in [0.3, 0.4) is 0 Å². The number of hydrogen-bond acceptors (Lipinski definition) is 7. The summed E-state index contributed by atoms with van der Waals surface area (Å²) in [5.74, 6) is -4.61. The molecular formula is C30H21Cl2F4N5O4. The number of halogens is 6. The number of benzodiazepines with no additional fused rings is 1. The Bertz CT molecular complexity index is 1810. The van der Waals surface area contributed by atoms with Crippen molar-refractivity contribution in [2.75, 3.05) is 11.9 Å². The highest BCUT2D eigenvalue weighted by Crippen LogP contribution is 2.38. The number of amides is 2. The number of benzene rings is 2. The molecule has 2 N–H and O–H groups in total. The average Bonchev–Trinajstić information content (AvgIpc) is 3.12. The SMILES string of the molecule is CCOc1cc(Cl)cc(Cl)c1C1=NC(NC(=O)c2c(C(F)(F)F)ncc(F)c2OCc2cccnc2)C(=O)Nc2ccccc21. The number of aliphatic imine (C=N–C) groups is 1. The van der Waals surface area contributed by atoms with Crippen LogP contribution in [0, 0.1) is 5.82 Å². The fraction of sp³-hybridized carbons (Fsp3) is 0.167. The molecule has 0 aliphatic carbocycles. The zero-order chi connectivity index (χ0) is 32.3. The Labute approximate surface area is 263 Å². The summed E-state index contributed by atoms with van der Waals surface area (Å²) in [4.78, 5) is 38.4. The molecule has 0 spiro atoms. The van der Waals surface area contributed by atoms with Crippen molar-refractivity contribution in [1.82, 2.24) is 15.3 Å². The van der Waals surface area contributed by atoms with Gasteiger partial charge in [-0.05, 0) is 31.2 Å². The van der Waals surface area contributed by atoms with E-state index in [0.717, 1.165) is 0 Å². The third-order valence-electron chi connectivity index (χ3n) is 6.36. The minimum Gasteiger partial charge on any atom is -0.493 e. The van der Waals surface area contributed by atoms with E-state index in [4.69, 9.17) is 32.7 Å². The standard InChI is InChI=1S/C30H21Cl2F4N5O4/c1-2-44-21-11-16(31)10-18(32)22(21)24-17-7-3-4-8-20(17)39-29(43)27(40-24)41-28(42)23-25(45-14-15-6-5-9-37-12-15)19(33)13-38-26(23)30(34,35)36/h3-13,27H,2,14H2,1H3,(H,39,43)(H,41,42). The Morgan fingerprint density at radius 3 is 2.58 bits per heavy atom. The van der Waals surface area contributed by atoms with Gasteiger partial charge in [0.15, 0.2) is 17.3 Å². The predicted octanol–water partition coefficient (Wildman–Crippen LogP) is 6.46. The normalized spacial score (nSPS) is 14.5. The lowest BCUT2D eigenvalue weighted by Gasteiger charge is -2.19. The summed E-state index contributed by atoms with van der Waals surface area (Å²) in [7, 11) is 0. The molecule has 4 aromatic rings. The Balaban J connectivity index is 1.61. The van der Waals surface area contributed by atoms with Gasteiger partial charge in [-0.25, -0.2) is 14.4 Å². The van der Waals surface area contributed by atoms with E-state index in [1.807, 2.05) is 0 Å². The average molecular weight is 662 g/mol. The van der Waals surface area contributed by atoms with E-state index in [0.29, 0.717) is 17.3 Å². The van der Waals surface area contributed by atoms with Gasteiger partial charge in [-0.15, -0.1) is 0 Å². The van der Waals surface area contributed by atoms with Crippen LogP contribution >= 0.6 is 23.2 Å². The van der Waals surface area contributed by atoms with Crippen molar-refractivity contribution in [2.24, 2.45) is 4.99 Å². The van der Waals surface area contributed by atoms with E-state index in [1.165, 1.54) is 24.5 Å². The van der Waals surface area contributed by atoms with Crippen molar-refractivity contribution >= 4 is 46.4 Å². The molecule has 45 heavy (non-hydrogen) atoms. The maximum Gasteiger partial charge on any atom is 0.434 e. The van der Waals surface area contributed by atoms with E-state index in [1.54, 1.807) is 43.3 Å². The van der Waals surface area contributed by atoms with Crippen LogP contribution in [0.2, 0.25) is 10.0 Å². The second kappa shape index (κ2) is 13.1. The van der Waals surface area contributed by atoms with Gasteiger partial charge in [0, 0.05) is 28.5 Å². The molecule has 3 heterocycles. The van der Waals surface area contributed by atoms with E-state index in [2.05, 4.69) is 25.6 Å². The molecule has 2 aromatic carbocycles. The van der Waals surface area contributed by atoms with Crippen LogP contribution < -0.4 is 20.1 Å². The van der Waals surface area contributed by atoms with Crippen LogP contribution in [-0.2, 0) is 17.6 Å². The van der Waals surface area contributed by atoms with Crippen molar-refractivity contribution in [3.8, 4) is 11.5 Å². The Hall–Kier alpha value is -4.75. The maximum absolute atomic E-state index is 15.0. The highest BCUT2D eigenvalue weighted by Gasteiger charge is 2.41. The quantitative estimate of drug-likeness (QED) is 0.209. The number of ether oxygens (including phenoxy) is 2. The van der Waals surface area contributed by atoms with Crippen molar-refractivity contribution in [1.29, 1.82) is 0 Å². The summed E-state index contributed by atoms with van der Waals surface area (Å²) >= 11 is 12.8. The van der Waals surface area contributed by atoms with Gasteiger partial charge >= 0.3 is 6.18 Å².